The van der Waals surface area contributed by atoms with Crippen LogP contribution in [0.5, 0.6) is 23.0 Å². The molecule has 180 valence electrons. The number of carbonyl (C=O) groups is 1. The average Bonchev–Trinajstić information content (AvgIpc) is 2.83. The molecule has 0 unspecified atom stereocenters. The van der Waals surface area contributed by atoms with Crippen molar-refractivity contribution in [3.63, 3.8) is 0 Å². The molecule has 3 aromatic carbocycles. The number of carbonyl (C=O) groups excluding carboxylic acids is 1. The van der Waals surface area contributed by atoms with Crippen LogP contribution in [-0.2, 0) is 14.8 Å². The van der Waals surface area contributed by atoms with Crippen molar-refractivity contribution >= 4 is 21.6 Å². The van der Waals surface area contributed by atoms with Crippen LogP contribution in [0.3, 0.4) is 0 Å². The van der Waals surface area contributed by atoms with E-state index < -0.39 is 22.0 Å². The molecule has 0 aliphatic heterocycles. The fourth-order valence-electron chi connectivity index (χ4n) is 3.32. The smallest absolute Gasteiger partial charge is 0.243 e. The highest BCUT2D eigenvalue weighted by molar-refractivity contribution is 7.92. The Balaban J connectivity index is 1.62. The SMILES string of the molecule is COc1ccccc1OCCNC(=O)[C@@H](C)N(c1ccc(Oc2ccccc2)cc1)S(C)(=O)=O. The minimum absolute atomic E-state index is 0.197. The van der Waals surface area contributed by atoms with Gasteiger partial charge in [-0.25, -0.2) is 8.42 Å². The highest BCUT2D eigenvalue weighted by Gasteiger charge is 2.29. The third-order valence-corrected chi connectivity index (χ3v) is 6.13. The van der Waals surface area contributed by atoms with E-state index in [1.165, 1.54) is 6.92 Å². The number of ether oxygens (including phenoxy) is 3. The van der Waals surface area contributed by atoms with Crippen LogP contribution < -0.4 is 23.8 Å². The van der Waals surface area contributed by atoms with E-state index in [1.807, 2.05) is 42.5 Å². The normalized spacial score (nSPS) is 11.9. The first-order valence-corrected chi connectivity index (χ1v) is 12.5. The van der Waals surface area contributed by atoms with Crippen LogP contribution in [0.4, 0.5) is 5.69 Å². The topological polar surface area (TPSA) is 94.2 Å². The molecule has 1 atom stereocenters. The first kappa shape index (κ1) is 24.9. The van der Waals surface area contributed by atoms with Crippen molar-refractivity contribution in [3.05, 3.63) is 78.9 Å². The lowest BCUT2D eigenvalue weighted by molar-refractivity contribution is -0.121. The molecule has 1 amide bonds. The van der Waals surface area contributed by atoms with Crippen molar-refractivity contribution in [2.45, 2.75) is 13.0 Å². The molecule has 0 heterocycles. The Hall–Kier alpha value is -3.72. The zero-order valence-electron chi connectivity index (χ0n) is 19.3. The first-order chi connectivity index (χ1) is 16.3. The van der Waals surface area contributed by atoms with Crippen molar-refractivity contribution in [2.75, 3.05) is 30.8 Å². The number of anilines is 1. The van der Waals surface area contributed by atoms with Crippen molar-refractivity contribution in [3.8, 4) is 23.0 Å². The molecule has 0 spiro atoms. The second-order valence-corrected chi connectivity index (χ2v) is 9.29. The zero-order chi connectivity index (χ0) is 24.6. The fourth-order valence-corrected chi connectivity index (χ4v) is 4.49. The van der Waals surface area contributed by atoms with E-state index in [2.05, 4.69) is 5.32 Å². The number of sulfonamides is 1. The van der Waals surface area contributed by atoms with Crippen molar-refractivity contribution < 1.29 is 27.4 Å². The molecular formula is C25H28N2O6S. The van der Waals surface area contributed by atoms with Crippen LogP contribution in [-0.4, -0.2) is 46.9 Å². The van der Waals surface area contributed by atoms with E-state index >= 15 is 0 Å². The second kappa shape index (κ2) is 11.4. The molecule has 0 aliphatic rings. The van der Waals surface area contributed by atoms with Crippen LogP contribution in [0.25, 0.3) is 0 Å². The highest BCUT2D eigenvalue weighted by Crippen LogP contribution is 2.27. The molecule has 0 fully saturated rings. The molecule has 0 radical (unpaired) electrons. The Kier molecular flexibility index (Phi) is 8.37. The molecule has 1 N–H and O–H groups in total. The van der Waals surface area contributed by atoms with Gasteiger partial charge in [0.25, 0.3) is 0 Å². The number of methoxy groups -OCH3 is 1. The number of nitrogens with one attached hydrogen (secondary N) is 1. The minimum Gasteiger partial charge on any atom is -0.493 e. The summed E-state index contributed by atoms with van der Waals surface area (Å²) in [4.78, 5) is 12.7. The van der Waals surface area contributed by atoms with E-state index in [4.69, 9.17) is 14.2 Å². The maximum Gasteiger partial charge on any atom is 0.243 e. The number of benzene rings is 3. The van der Waals surface area contributed by atoms with Crippen LogP contribution in [0.15, 0.2) is 78.9 Å². The van der Waals surface area contributed by atoms with Gasteiger partial charge in [0.1, 0.15) is 24.1 Å². The summed E-state index contributed by atoms with van der Waals surface area (Å²) in [5, 5.41) is 2.72. The number of amides is 1. The van der Waals surface area contributed by atoms with Crippen LogP contribution in [0.1, 0.15) is 6.92 Å². The van der Waals surface area contributed by atoms with Gasteiger partial charge in [-0.1, -0.05) is 30.3 Å². The molecule has 8 nitrogen and oxygen atoms in total. The van der Waals surface area contributed by atoms with E-state index in [0.717, 1.165) is 10.6 Å². The number of nitrogens with zero attached hydrogens (tertiary/aromatic N) is 1. The summed E-state index contributed by atoms with van der Waals surface area (Å²) < 4.78 is 42.7. The summed E-state index contributed by atoms with van der Waals surface area (Å²) in [6.07, 6.45) is 1.07. The fraction of sp³-hybridized carbons (Fsp3) is 0.240. The standard InChI is InChI=1S/C25H28N2O6S/c1-19(25(28)26-17-18-32-24-12-8-7-11-23(24)31-2)27(34(3,29)30)20-13-15-22(16-14-20)33-21-9-5-4-6-10-21/h4-16,19H,17-18H2,1-3H3,(H,26,28)/t19-/m1/s1. The molecule has 0 aromatic heterocycles. The maximum absolute atomic E-state index is 12.7. The average molecular weight is 485 g/mol. The predicted octanol–water partition coefficient (Wildman–Crippen LogP) is 3.84. The molecule has 3 aromatic rings. The van der Waals surface area contributed by atoms with E-state index in [-0.39, 0.29) is 13.2 Å². The molecular weight excluding hydrogens is 456 g/mol. The van der Waals surface area contributed by atoms with Gasteiger partial charge in [-0.05, 0) is 55.5 Å². The van der Waals surface area contributed by atoms with Crippen molar-refractivity contribution in [1.29, 1.82) is 0 Å². The van der Waals surface area contributed by atoms with Gasteiger partial charge < -0.3 is 19.5 Å². The second-order valence-electron chi connectivity index (χ2n) is 7.43. The Morgan fingerprint density at radius 2 is 1.50 bits per heavy atom. The minimum atomic E-state index is -3.73. The van der Waals surface area contributed by atoms with E-state index in [1.54, 1.807) is 43.5 Å². The Morgan fingerprint density at radius 1 is 0.912 bits per heavy atom. The Labute approximate surface area is 200 Å². The van der Waals surface area contributed by atoms with Gasteiger partial charge in [0.15, 0.2) is 11.5 Å². The summed E-state index contributed by atoms with van der Waals surface area (Å²) in [7, 11) is -2.19. The molecule has 0 saturated carbocycles. The van der Waals surface area contributed by atoms with E-state index in [9.17, 15) is 13.2 Å². The van der Waals surface area contributed by atoms with Crippen molar-refractivity contribution in [2.24, 2.45) is 0 Å². The summed E-state index contributed by atoms with van der Waals surface area (Å²) >= 11 is 0. The predicted molar refractivity (Wildman–Crippen MR) is 131 cm³/mol. The Morgan fingerprint density at radius 3 is 2.12 bits per heavy atom. The quantitative estimate of drug-likeness (QED) is 0.416. The Bertz CT molecular complexity index is 1180. The largest absolute Gasteiger partial charge is 0.493 e. The zero-order valence-corrected chi connectivity index (χ0v) is 20.1. The summed E-state index contributed by atoms with van der Waals surface area (Å²) in [5.74, 6) is 1.92. The van der Waals surface area contributed by atoms with Crippen LogP contribution >= 0.6 is 0 Å². The van der Waals surface area contributed by atoms with Gasteiger partial charge >= 0.3 is 0 Å². The third-order valence-electron chi connectivity index (χ3n) is 4.89. The molecule has 3 rings (SSSR count). The highest BCUT2D eigenvalue weighted by atomic mass is 32.2. The van der Waals surface area contributed by atoms with Gasteiger partial charge in [0.05, 0.1) is 25.6 Å². The first-order valence-electron chi connectivity index (χ1n) is 10.7. The lowest BCUT2D eigenvalue weighted by Crippen LogP contribution is -2.48. The number of rotatable bonds is 11. The maximum atomic E-state index is 12.7. The van der Waals surface area contributed by atoms with Crippen LogP contribution in [0, 0.1) is 0 Å². The molecule has 0 aliphatic carbocycles. The molecule has 34 heavy (non-hydrogen) atoms. The number of para-hydroxylation sites is 3. The molecule has 9 heteroatoms. The van der Waals surface area contributed by atoms with Gasteiger partial charge in [0.2, 0.25) is 15.9 Å². The molecule has 0 bridgehead atoms. The summed E-state index contributed by atoms with van der Waals surface area (Å²) in [6, 6.07) is 22.0. The van der Waals surface area contributed by atoms with Gasteiger partial charge in [0, 0.05) is 0 Å². The lowest BCUT2D eigenvalue weighted by Gasteiger charge is -2.28. The van der Waals surface area contributed by atoms with Gasteiger partial charge in [-0.2, -0.15) is 0 Å². The van der Waals surface area contributed by atoms with Gasteiger partial charge in [-0.3, -0.25) is 9.10 Å². The lowest BCUT2D eigenvalue weighted by atomic mass is 10.2. The summed E-state index contributed by atoms with van der Waals surface area (Å²) in [5.41, 5.74) is 0.357. The number of hydrogen-bond donors (Lipinski definition) is 1. The van der Waals surface area contributed by atoms with E-state index in [0.29, 0.717) is 28.7 Å². The van der Waals surface area contributed by atoms with Crippen LogP contribution in [0.2, 0.25) is 0 Å². The third kappa shape index (κ3) is 6.64. The molecule has 0 saturated heterocycles. The summed E-state index contributed by atoms with van der Waals surface area (Å²) in [6.45, 7) is 1.93. The van der Waals surface area contributed by atoms with Crippen molar-refractivity contribution in [1.82, 2.24) is 5.32 Å². The van der Waals surface area contributed by atoms with Gasteiger partial charge in [-0.15, -0.1) is 0 Å². The number of hydrogen-bond acceptors (Lipinski definition) is 6. The monoisotopic (exact) mass is 484 g/mol.